The van der Waals surface area contributed by atoms with E-state index in [1.165, 1.54) is 12.1 Å². The van der Waals surface area contributed by atoms with Crippen molar-refractivity contribution >= 4 is 11.5 Å². The molecule has 0 radical (unpaired) electrons. The van der Waals surface area contributed by atoms with Crippen LogP contribution in [0, 0.1) is 10.1 Å². The van der Waals surface area contributed by atoms with Crippen molar-refractivity contribution in [3.05, 3.63) is 58.3 Å². The van der Waals surface area contributed by atoms with E-state index in [-0.39, 0.29) is 5.69 Å². The largest absolute Gasteiger partial charge is 0.495 e. The molecule has 0 fully saturated rings. The Bertz CT molecular complexity index is 552. The van der Waals surface area contributed by atoms with Gasteiger partial charge in [-0.15, -0.1) is 0 Å². The summed E-state index contributed by atoms with van der Waals surface area (Å²) in [5, 5.41) is 13.6. The van der Waals surface area contributed by atoms with E-state index in [2.05, 4.69) is 10.3 Å². The van der Waals surface area contributed by atoms with Gasteiger partial charge in [0, 0.05) is 18.7 Å². The van der Waals surface area contributed by atoms with E-state index in [1.54, 1.807) is 25.4 Å². The van der Waals surface area contributed by atoms with E-state index in [9.17, 15) is 10.1 Å². The Hall–Kier alpha value is -2.63. The summed E-state index contributed by atoms with van der Waals surface area (Å²) in [5.41, 5.74) is 1.04. The summed E-state index contributed by atoms with van der Waals surface area (Å²) < 4.78 is 5.01. The summed E-state index contributed by atoms with van der Waals surface area (Å²) >= 11 is 0. The zero-order valence-electron chi connectivity index (χ0n) is 10.4. The minimum atomic E-state index is -0.414. The fourth-order valence-electron chi connectivity index (χ4n) is 1.53. The summed E-state index contributed by atoms with van der Waals surface area (Å²) in [6.45, 7) is 0.553. The first-order valence-electron chi connectivity index (χ1n) is 5.66. The van der Waals surface area contributed by atoms with Crippen LogP contribution in [0.5, 0.6) is 5.75 Å². The lowest BCUT2D eigenvalue weighted by Gasteiger charge is -2.06. The first-order chi connectivity index (χ1) is 9.19. The summed E-state index contributed by atoms with van der Waals surface area (Å²) in [6.07, 6.45) is 1.62. The van der Waals surface area contributed by atoms with Crippen molar-refractivity contribution in [2.75, 3.05) is 12.4 Å². The van der Waals surface area contributed by atoms with Crippen LogP contribution in [-0.4, -0.2) is 17.0 Å². The molecule has 0 atom stereocenters. The monoisotopic (exact) mass is 259 g/mol. The first-order valence-corrected chi connectivity index (χ1v) is 5.66. The molecule has 6 nitrogen and oxygen atoms in total. The summed E-state index contributed by atoms with van der Waals surface area (Å²) in [6, 6.07) is 10.0. The maximum absolute atomic E-state index is 10.5. The van der Waals surface area contributed by atoms with Crippen molar-refractivity contribution in [2.45, 2.75) is 6.54 Å². The highest BCUT2D eigenvalue weighted by Crippen LogP contribution is 2.14. The Morgan fingerprint density at radius 1 is 1.26 bits per heavy atom. The molecule has 1 aromatic carbocycles. The molecular weight excluding hydrogens is 246 g/mol. The van der Waals surface area contributed by atoms with E-state index in [4.69, 9.17) is 4.74 Å². The maximum Gasteiger partial charge on any atom is 0.269 e. The Morgan fingerprint density at radius 2 is 2.00 bits per heavy atom. The average Bonchev–Trinajstić information content (AvgIpc) is 2.46. The minimum absolute atomic E-state index is 0.0892. The van der Waals surface area contributed by atoms with Gasteiger partial charge in [0.2, 0.25) is 0 Å². The van der Waals surface area contributed by atoms with Crippen molar-refractivity contribution in [3.63, 3.8) is 0 Å². The Labute approximate surface area is 110 Å². The van der Waals surface area contributed by atoms with Crippen LogP contribution in [0.3, 0.4) is 0 Å². The number of benzene rings is 1. The zero-order valence-corrected chi connectivity index (χ0v) is 10.4. The predicted molar refractivity (Wildman–Crippen MR) is 71.2 cm³/mol. The molecule has 0 aliphatic carbocycles. The van der Waals surface area contributed by atoms with Crippen molar-refractivity contribution < 1.29 is 9.66 Å². The number of anilines is 1. The van der Waals surface area contributed by atoms with Crippen LogP contribution in [0.15, 0.2) is 42.6 Å². The Balaban J connectivity index is 1.95. The summed E-state index contributed by atoms with van der Waals surface area (Å²) in [5.74, 6) is 1.42. The number of ether oxygens (including phenoxy) is 1. The number of nitrogens with zero attached hydrogens (tertiary/aromatic N) is 2. The quantitative estimate of drug-likeness (QED) is 0.659. The lowest BCUT2D eigenvalue weighted by Crippen LogP contribution is -2.01. The van der Waals surface area contributed by atoms with E-state index in [0.717, 1.165) is 11.4 Å². The molecule has 1 N–H and O–H groups in total. The second-order valence-electron chi connectivity index (χ2n) is 3.86. The van der Waals surface area contributed by atoms with Crippen LogP contribution in [-0.2, 0) is 6.54 Å². The van der Waals surface area contributed by atoms with Gasteiger partial charge >= 0.3 is 0 Å². The third-order valence-electron chi connectivity index (χ3n) is 2.59. The molecule has 0 bridgehead atoms. The fraction of sp³-hybridized carbons (Fsp3) is 0.154. The highest BCUT2D eigenvalue weighted by atomic mass is 16.6. The molecule has 1 aromatic heterocycles. The second kappa shape index (κ2) is 5.81. The molecule has 0 saturated heterocycles. The van der Waals surface area contributed by atoms with Crippen LogP contribution < -0.4 is 10.1 Å². The minimum Gasteiger partial charge on any atom is -0.495 e. The molecule has 19 heavy (non-hydrogen) atoms. The van der Waals surface area contributed by atoms with Gasteiger partial charge in [0.15, 0.2) is 0 Å². The number of rotatable bonds is 5. The molecule has 0 aliphatic rings. The highest BCUT2D eigenvalue weighted by molar-refractivity contribution is 5.39. The average molecular weight is 259 g/mol. The maximum atomic E-state index is 10.5. The highest BCUT2D eigenvalue weighted by Gasteiger charge is 2.03. The van der Waals surface area contributed by atoms with Gasteiger partial charge in [0.25, 0.3) is 5.69 Å². The molecule has 2 rings (SSSR count). The van der Waals surface area contributed by atoms with E-state index in [0.29, 0.717) is 12.3 Å². The van der Waals surface area contributed by atoms with Crippen molar-refractivity contribution in [2.24, 2.45) is 0 Å². The van der Waals surface area contributed by atoms with Crippen LogP contribution in [0.1, 0.15) is 5.56 Å². The number of methoxy groups -OCH3 is 1. The molecule has 0 aliphatic heterocycles. The second-order valence-corrected chi connectivity index (χ2v) is 3.86. The van der Waals surface area contributed by atoms with Gasteiger partial charge in [-0.2, -0.15) is 0 Å². The fourth-order valence-corrected chi connectivity index (χ4v) is 1.53. The first kappa shape index (κ1) is 12.8. The molecule has 0 unspecified atom stereocenters. The lowest BCUT2D eigenvalue weighted by atomic mass is 10.2. The van der Waals surface area contributed by atoms with Gasteiger partial charge in [-0.1, -0.05) is 12.1 Å². The number of pyridine rings is 1. The predicted octanol–water partition coefficient (Wildman–Crippen LogP) is 2.61. The molecule has 0 saturated carbocycles. The third kappa shape index (κ3) is 3.41. The lowest BCUT2D eigenvalue weighted by molar-refractivity contribution is -0.384. The van der Waals surface area contributed by atoms with Crippen molar-refractivity contribution in [1.82, 2.24) is 4.98 Å². The summed E-state index contributed by atoms with van der Waals surface area (Å²) in [4.78, 5) is 14.3. The molecule has 98 valence electrons. The van der Waals surface area contributed by atoms with E-state index < -0.39 is 4.92 Å². The molecule has 0 spiro atoms. The normalized spacial score (nSPS) is 9.95. The number of nitro groups is 1. The smallest absolute Gasteiger partial charge is 0.269 e. The van der Waals surface area contributed by atoms with Crippen molar-refractivity contribution in [3.8, 4) is 5.75 Å². The van der Waals surface area contributed by atoms with Crippen LogP contribution in [0.2, 0.25) is 0 Å². The van der Waals surface area contributed by atoms with Gasteiger partial charge in [-0.3, -0.25) is 10.1 Å². The summed E-state index contributed by atoms with van der Waals surface area (Å²) in [7, 11) is 1.58. The van der Waals surface area contributed by atoms with Crippen molar-refractivity contribution in [1.29, 1.82) is 0 Å². The topological polar surface area (TPSA) is 77.3 Å². The Kier molecular flexibility index (Phi) is 3.92. The molecule has 0 amide bonds. The number of nitrogens with one attached hydrogen (secondary N) is 1. The van der Waals surface area contributed by atoms with Gasteiger partial charge in [-0.25, -0.2) is 4.98 Å². The SMILES string of the molecule is COc1ccc(NCc2ccc([N+](=O)[O-])cc2)nc1. The number of nitro benzene ring substituents is 1. The molecule has 6 heteroatoms. The van der Waals surface area contributed by atoms with Crippen LogP contribution >= 0.6 is 0 Å². The number of hydrogen-bond acceptors (Lipinski definition) is 5. The number of aromatic nitrogens is 1. The van der Waals surface area contributed by atoms with Gasteiger partial charge in [-0.05, 0) is 17.7 Å². The molecule has 1 heterocycles. The number of non-ortho nitro benzene ring substituents is 1. The van der Waals surface area contributed by atoms with Gasteiger partial charge in [0.05, 0.1) is 18.2 Å². The van der Waals surface area contributed by atoms with E-state index >= 15 is 0 Å². The van der Waals surface area contributed by atoms with Crippen LogP contribution in [0.25, 0.3) is 0 Å². The number of hydrogen-bond donors (Lipinski definition) is 1. The standard InChI is InChI=1S/C13H13N3O3/c1-19-12-6-7-13(15-9-12)14-8-10-2-4-11(5-3-10)16(17)18/h2-7,9H,8H2,1H3,(H,14,15). The zero-order chi connectivity index (χ0) is 13.7. The van der Waals surface area contributed by atoms with Gasteiger partial charge in [0.1, 0.15) is 11.6 Å². The molecule has 2 aromatic rings. The van der Waals surface area contributed by atoms with E-state index in [1.807, 2.05) is 12.1 Å². The third-order valence-corrected chi connectivity index (χ3v) is 2.59. The van der Waals surface area contributed by atoms with Gasteiger partial charge < -0.3 is 10.1 Å². The van der Waals surface area contributed by atoms with Crippen LogP contribution in [0.4, 0.5) is 11.5 Å². The Morgan fingerprint density at radius 3 is 2.53 bits per heavy atom. The molecular formula is C13H13N3O3.